The second kappa shape index (κ2) is 5.24. The highest BCUT2D eigenvalue weighted by Crippen LogP contribution is 2.31. The van der Waals surface area contributed by atoms with E-state index in [0.29, 0.717) is 9.79 Å². The number of nitrogens with one attached hydrogen (secondary N) is 1. The van der Waals surface area contributed by atoms with Crippen LogP contribution in [-0.4, -0.2) is 16.7 Å². The standard InChI is InChI=1S/C14H10BrClN2OS/c1-19-8-5-6-9(15)12(7-8)18-11-4-2-3-10(16)13(11)17-14(18)20/h2-7H,1H3,(H,17,20). The maximum absolute atomic E-state index is 6.20. The number of aromatic amines is 1. The van der Waals surface area contributed by atoms with Gasteiger partial charge >= 0.3 is 0 Å². The summed E-state index contributed by atoms with van der Waals surface area (Å²) in [5, 5.41) is 0.645. The Bertz CT molecular complexity index is 856. The van der Waals surface area contributed by atoms with Crippen LogP contribution in [0.4, 0.5) is 0 Å². The Balaban J connectivity index is 2.38. The number of imidazole rings is 1. The predicted molar refractivity (Wildman–Crippen MR) is 87.7 cm³/mol. The molecule has 1 N–H and O–H groups in total. The van der Waals surface area contributed by atoms with Gasteiger partial charge in [-0.1, -0.05) is 17.7 Å². The molecule has 0 saturated heterocycles. The van der Waals surface area contributed by atoms with E-state index in [9.17, 15) is 0 Å². The predicted octanol–water partition coefficient (Wildman–Crippen LogP) is 5.11. The van der Waals surface area contributed by atoms with Gasteiger partial charge < -0.3 is 9.72 Å². The minimum absolute atomic E-state index is 0.585. The molecule has 0 aliphatic rings. The van der Waals surface area contributed by atoms with E-state index < -0.39 is 0 Å². The number of halogens is 2. The van der Waals surface area contributed by atoms with Crippen molar-refractivity contribution in [3.8, 4) is 11.4 Å². The van der Waals surface area contributed by atoms with E-state index >= 15 is 0 Å². The zero-order valence-electron chi connectivity index (χ0n) is 10.5. The van der Waals surface area contributed by atoms with Crippen LogP contribution in [-0.2, 0) is 0 Å². The normalized spacial score (nSPS) is 10.9. The smallest absolute Gasteiger partial charge is 0.182 e. The lowest BCUT2D eigenvalue weighted by Crippen LogP contribution is -1.96. The molecule has 0 saturated carbocycles. The van der Waals surface area contributed by atoms with E-state index in [0.717, 1.165) is 26.9 Å². The molecule has 0 bridgehead atoms. The lowest BCUT2D eigenvalue weighted by atomic mass is 10.2. The number of aromatic nitrogens is 2. The van der Waals surface area contributed by atoms with Gasteiger partial charge in [-0.2, -0.15) is 0 Å². The molecular weight excluding hydrogens is 360 g/mol. The van der Waals surface area contributed by atoms with Crippen LogP contribution in [0.3, 0.4) is 0 Å². The van der Waals surface area contributed by atoms with Gasteiger partial charge in [-0.3, -0.25) is 4.57 Å². The first-order valence-electron chi connectivity index (χ1n) is 5.85. The minimum Gasteiger partial charge on any atom is -0.497 e. The maximum atomic E-state index is 6.20. The lowest BCUT2D eigenvalue weighted by Gasteiger charge is -2.09. The van der Waals surface area contributed by atoms with Crippen LogP contribution in [0.15, 0.2) is 40.9 Å². The van der Waals surface area contributed by atoms with Crippen molar-refractivity contribution in [3.05, 3.63) is 50.7 Å². The van der Waals surface area contributed by atoms with Crippen molar-refractivity contribution < 1.29 is 4.74 Å². The van der Waals surface area contributed by atoms with E-state index in [1.807, 2.05) is 41.0 Å². The maximum Gasteiger partial charge on any atom is 0.182 e. The molecule has 0 unspecified atom stereocenters. The van der Waals surface area contributed by atoms with Crippen molar-refractivity contribution in [3.63, 3.8) is 0 Å². The molecule has 3 nitrogen and oxygen atoms in total. The van der Waals surface area contributed by atoms with E-state index in [-0.39, 0.29) is 0 Å². The largest absolute Gasteiger partial charge is 0.497 e. The molecule has 6 heteroatoms. The molecule has 0 amide bonds. The quantitative estimate of drug-likeness (QED) is 0.636. The fraction of sp³-hybridized carbons (Fsp3) is 0.0714. The van der Waals surface area contributed by atoms with Gasteiger partial charge in [-0.15, -0.1) is 0 Å². The third kappa shape index (κ3) is 2.16. The molecule has 1 heterocycles. The van der Waals surface area contributed by atoms with E-state index in [1.165, 1.54) is 0 Å². The zero-order chi connectivity index (χ0) is 14.3. The highest BCUT2D eigenvalue weighted by atomic mass is 79.9. The Kier molecular flexibility index (Phi) is 3.58. The molecule has 102 valence electrons. The summed E-state index contributed by atoms with van der Waals surface area (Å²) in [6, 6.07) is 11.4. The first-order chi connectivity index (χ1) is 9.61. The molecule has 3 rings (SSSR count). The lowest BCUT2D eigenvalue weighted by molar-refractivity contribution is 0.414. The van der Waals surface area contributed by atoms with Crippen LogP contribution in [0, 0.1) is 4.77 Å². The summed E-state index contributed by atoms with van der Waals surface area (Å²) >= 11 is 15.2. The molecule has 0 fully saturated rings. The van der Waals surface area contributed by atoms with Crippen molar-refractivity contribution >= 4 is 50.8 Å². The Hall–Kier alpha value is -1.30. The number of hydrogen-bond donors (Lipinski definition) is 1. The van der Waals surface area contributed by atoms with Crippen molar-refractivity contribution in [1.82, 2.24) is 9.55 Å². The molecule has 0 spiro atoms. The third-order valence-electron chi connectivity index (χ3n) is 3.06. The number of methoxy groups -OCH3 is 1. The number of hydrogen-bond acceptors (Lipinski definition) is 2. The third-order valence-corrected chi connectivity index (χ3v) is 4.33. The Labute approximate surface area is 134 Å². The molecule has 1 aromatic heterocycles. The van der Waals surface area contributed by atoms with Crippen molar-refractivity contribution in [2.75, 3.05) is 7.11 Å². The first kappa shape index (κ1) is 13.7. The van der Waals surface area contributed by atoms with Gasteiger partial charge in [0.05, 0.1) is 28.9 Å². The number of rotatable bonds is 2. The van der Waals surface area contributed by atoms with Gasteiger partial charge in [0.25, 0.3) is 0 Å². The molecule has 2 aromatic carbocycles. The second-order valence-corrected chi connectivity index (χ2v) is 5.87. The van der Waals surface area contributed by atoms with Gasteiger partial charge in [-0.25, -0.2) is 0 Å². The average Bonchev–Trinajstić information content (AvgIpc) is 2.77. The summed E-state index contributed by atoms with van der Waals surface area (Å²) in [6.45, 7) is 0. The zero-order valence-corrected chi connectivity index (χ0v) is 13.6. The van der Waals surface area contributed by atoms with E-state index in [4.69, 9.17) is 28.6 Å². The molecular formula is C14H10BrClN2OS. The van der Waals surface area contributed by atoms with Crippen LogP contribution < -0.4 is 4.74 Å². The molecule has 20 heavy (non-hydrogen) atoms. The first-order valence-corrected chi connectivity index (χ1v) is 7.43. The van der Waals surface area contributed by atoms with Gasteiger partial charge in [-0.05, 0) is 52.4 Å². The summed E-state index contributed by atoms with van der Waals surface area (Å²) in [6.07, 6.45) is 0. The van der Waals surface area contributed by atoms with Gasteiger partial charge in [0.15, 0.2) is 4.77 Å². The Morgan fingerprint density at radius 3 is 2.85 bits per heavy atom. The monoisotopic (exact) mass is 368 g/mol. The Morgan fingerprint density at radius 2 is 2.10 bits per heavy atom. The number of benzene rings is 2. The number of ether oxygens (including phenoxy) is 1. The van der Waals surface area contributed by atoms with Gasteiger partial charge in [0, 0.05) is 10.5 Å². The van der Waals surface area contributed by atoms with Gasteiger partial charge in [0.1, 0.15) is 5.75 Å². The van der Waals surface area contributed by atoms with Crippen molar-refractivity contribution in [2.24, 2.45) is 0 Å². The number of para-hydroxylation sites is 1. The highest BCUT2D eigenvalue weighted by Gasteiger charge is 2.12. The van der Waals surface area contributed by atoms with Crippen LogP contribution >= 0.6 is 39.7 Å². The topological polar surface area (TPSA) is 29.9 Å². The molecule has 0 aliphatic heterocycles. The fourth-order valence-corrected chi connectivity index (χ4v) is 3.06. The Morgan fingerprint density at radius 1 is 1.30 bits per heavy atom. The summed E-state index contributed by atoms with van der Waals surface area (Å²) in [5.41, 5.74) is 2.66. The summed E-state index contributed by atoms with van der Waals surface area (Å²) in [5.74, 6) is 0.765. The van der Waals surface area contributed by atoms with Gasteiger partial charge in [0.2, 0.25) is 0 Å². The van der Waals surface area contributed by atoms with Crippen LogP contribution in [0.5, 0.6) is 5.75 Å². The van der Waals surface area contributed by atoms with Crippen LogP contribution in [0.25, 0.3) is 16.7 Å². The second-order valence-electron chi connectivity index (χ2n) is 4.22. The summed E-state index contributed by atoms with van der Waals surface area (Å²) in [4.78, 5) is 3.14. The number of H-pyrrole nitrogens is 1. The van der Waals surface area contributed by atoms with E-state index in [1.54, 1.807) is 7.11 Å². The SMILES string of the molecule is COc1ccc(Br)c(-n2c(=S)[nH]c3c(Cl)cccc32)c1. The summed E-state index contributed by atoms with van der Waals surface area (Å²) < 4.78 is 8.72. The van der Waals surface area contributed by atoms with Crippen molar-refractivity contribution in [1.29, 1.82) is 0 Å². The molecule has 0 atom stereocenters. The number of nitrogens with zero attached hydrogens (tertiary/aromatic N) is 1. The molecule has 3 aromatic rings. The van der Waals surface area contributed by atoms with E-state index in [2.05, 4.69) is 20.9 Å². The number of fused-ring (bicyclic) bond motifs is 1. The highest BCUT2D eigenvalue weighted by molar-refractivity contribution is 9.10. The minimum atomic E-state index is 0.585. The average molecular weight is 370 g/mol. The molecule has 0 radical (unpaired) electrons. The van der Waals surface area contributed by atoms with Crippen LogP contribution in [0.1, 0.15) is 0 Å². The van der Waals surface area contributed by atoms with Crippen molar-refractivity contribution in [2.45, 2.75) is 0 Å². The summed E-state index contributed by atoms with van der Waals surface area (Å²) in [7, 11) is 1.64. The fourth-order valence-electron chi connectivity index (χ4n) is 2.13. The molecule has 0 aliphatic carbocycles. The van der Waals surface area contributed by atoms with Crippen LogP contribution in [0.2, 0.25) is 5.02 Å².